The smallest absolute Gasteiger partial charge is 0.259 e. The van der Waals surface area contributed by atoms with E-state index < -0.39 is 0 Å². The molecule has 150 valence electrons. The highest BCUT2D eigenvalue weighted by atomic mass is 16.2. The van der Waals surface area contributed by atoms with Gasteiger partial charge >= 0.3 is 0 Å². The van der Waals surface area contributed by atoms with Crippen LogP contribution in [0.25, 0.3) is 10.9 Å². The molecule has 0 N–H and O–H groups in total. The molecule has 30 heavy (non-hydrogen) atoms. The number of anilines is 3. The van der Waals surface area contributed by atoms with Gasteiger partial charge in [0.2, 0.25) is 0 Å². The Labute approximate surface area is 176 Å². The average molecular weight is 396 g/mol. The van der Waals surface area contributed by atoms with Crippen molar-refractivity contribution in [2.45, 2.75) is 13.8 Å². The monoisotopic (exact) mass is 396 g/mol. The Hall–Kier alpha value is -3.73. The second-order valence-electron chi connectivity index (χ2n) is 6.92. The summed E-state index contributed by atoms with van der Waals surface area (Å²) < 4.78 is 0. The van der Waals surface area contributed by atoms with Crippen LogP contribution in [-0.4, -0.2) is 29.0 Å². The number of pyridine rings is 2. The van der Waals surface area contributed by atoms with Gasteiger partial charge in [-0.3, -0.25) is 9.78 Å². The zero-order valence-electron chi connectivity index (χ0n) is 17.2. The van der Waals surface area contributed by atoms with Gasteiger partial charge in [-0.25, -0.2) is 4.98 Å². The number of aromatic nitrogens is 2. The highest BCUT2D eigenvalue weighted by molar-refractivity contribution is 6.07. The van der Waals surface area contributed by atoms with Crippen molar-refractivity contribution < 1.29 is 4.79 Å². The van der Waals surface area contributed by atoms with Crippen molar-refractivity contribution in [2.24, 2.45) is 0 Å². The lowest BCUT2D eigenvalue weighted by Gasteiger charge is -2.25. The molecule has 0 aliphatic carbocycles. The maximum Gasteiger partial charge on any atom is 0.259 e. The molecule has 2 aromatic heterocycles. The Morgan fingerprint density at radius 1 is 0.833 bits per heavy atom. The van der Waals surface area contributed by atoms with Crippen molar-refractivity contribution in [1.29, 1.82) is 0 Å². The third-order valence-corrected chi connectivity index (χ3v) is 5.10. The lowest BCUT2D eigenvalue weighted by atomic mass is 10.1. The second kappa shape index (κ2) is 8.74. The fourth-order valence-corrected chi connectivity index (χ4v) is 3.60. The Morgan fingerprint density at radius 2 is 1.60 bits per heavy atom. The number of carbonyl (C=O) groups is 1. The van der Waals surface area contributed by atoms with Crippen LogP contribution < -0.4 is 9.80 Å². The summed E-state index contributed by atoms with van der Waals surface area (Å²) >= 11 is 0. The van der Waals surface area contributed by atoms with Gasteiger partial charge in [-0.15, -0.1) is 0 Å². The number of hydrogen-bond acceptors (Lipinski definition) is 4. The van der Waals surface area contributed by atoms with E-state index in [1.807, 2.05) is 67.6 Å². The molecule has 0 aliphatic rings. The van der Waals surface area contributed by atoms with Crippen LogP contribution >= 0.6 is 0 Å². The maximum atomic E-state index is 13.3. The molecule has 0 unspecified atom stereocenters. The van der Waals surface area contributed by atoms with Crippen LogP contribution in [-0.2, 0) is 0 Å². The first-order chi connectivity index (χ1) is 14.7. The van der Waals surface area contributed by atoms with Crippen LogP contribution in [0.4, 0.5) is 17.2 Å². The van der Waals surface area contributed by atoms with Crippen LogP contribution in [0.2, 0.25) is 0 Å². The number of fused-ring (bicyclic) bond motifs is 1. The highest BCUT2D eigenvalue weighted by Gasteiger charge is 2.19. The summed E-state index contributed by atoms with van der Waals surface area (Å²) in [7, 11) is 0. The molecule has 5 nitrogen and oxygen atoms in total. The third-order valence-electron chi connectivity index (χ3n) is 5.10. The minimum absolute atomic E-state index is 0.0735. The number of carbonyl (C=O) groups excluding carboxylic acids is 1. The van der Waals surface area contributed by atoms with E-state index in [1.54, 1.807) is 17.3 Å². The van der Waals surface area contributed by atoms with Crippen LogP contribution in [0.5, 0.6) is 0 Å². The molecule has 0 radical (unpaired) electrons. The minimum atomic E-state index is -0.0735. The number of para-hydroxylation sites is 2. The lowest BCUT2D eigenvalue weighted by Crippen LogP contribution is -2.31. The lowest BCUT2D eigenvalue weighted by molar-refractivity contribution is 0.0988. The fraction of sp³-hybridized carbons (Fsp3) is 0.160. The highest BCUT2D eigenvalue weighted by Crippen LogP contribution is 2.27. The van der Waals surface area contributed by atoms with Gasteiger partial charge in [0.05, 0.1) is 11.1 Å². The summed E-state index contributed by atoms with van der Waals surface area (Å²) in [5.74, 6) is 0.736. The van der Waals surface area contributed by atoms with E-state index in [4.69, 9.17) is 0 Å². The number of nitrogens with zero attached hydrogens (tertiary/aromatic N) is 4. The summed E-state index contributed by atoms with van der Waals surface area (Å²) in [5, 5.41) is 0.955. The molecule has 5 heteroatoms. The molecule has 0 spiro atoms. The molecule has 2 aromatic carbocycles. The molecule has 1 amide bonds. The predicted molar refractivity (Wildman–Crippen MR) is 122 cm³/mol. The summed E-state index contributed by atoms with van der Waals surface area (Å²) in [4.78, 5) is 26.2. The minimum Gasteiger partial charge on any atom is -0.327 e. The van der Waals surface area contributed by atoms with Gasteiger partial charge in [-0.2, -0.15) is 0 Å². The topological polar surface area (TPSA) is 49.3 Å². The largest absolute Gasteiger partial charge is 0.327 e. The van der Waals surface area contributed by atoms with Gasteiger partial charge in [0.25, 0.3) is 5.91 Å². The molecule has 2 heterocycles. The average Bonchev–Trinajstić information content (AvgIpc) is 2.81. The van der Waals surface area contributed by atoms with Crippen molar-refractivity contribution in [3.63, 3.8) is 0 Å². The Bertz CT molecular complexity index is 1160. The van der Waals surface area contributed by atoms with E-state index >= 15 is 0 Å². The first-order valence-corrected chi connectivity index (χ1v) is 10.2. The number of hydrogen-bond donors (Lipinski definition) is 0. The van der Waals surface area contributed by atoms with E-state index in [0.717, 1.165) is 34.6 Å². The molecule has 0 aliphatic heterocycles. The van der Waals surface area contributed by atoms with E-state index in [2.05, 4.69) is 33.9 Å². The van der Waals surface area contributed by atoms with Crippen molar-refractivity contribution in [1.82, 2.24) is 9.97 Å². The van der Waals surface area contributed by atoms with Crippen LogP contribution in [0.1, 0.15) is 24.2 Å². The summed E-state index contributed by atoms with van der Waals surface area (Å²) in [6.07, 6.45) is 3.41. The standard InChI is InChI=1S/C25H24N4O/c1-3-28(21-11-6-5-7-12-21)24-17-22(14-15-26-24)29(4-2)25(30)20-16-19-10-8-9-13-23(19)27-18-20/h5-18H,3-4H2,1-2H3. The molecule has 0 atom stereocenters. The first-order valence-electron chi connectivity index (χ1n) is 10.2. The number of benzene rings is 2. The fourth-order valence-electron chi connectivity index (χ4n) is 3.60. The Morgan fingerprint density at radius 3 is 2.37 bits per heavy atom. The number of rotatable bonds is 6. The van der Waals surface area contributed by atoms with Crippen molar-refractivity contribution in [2.75, 3.05) is 22.9 Å². The van der Waals surface area contributed by atoms with Gasteiger partial charge in [-0.1, -0.05) is 36.4 Å². The van der Waals surface area contributed by atoms with Gasteiger partial charge < -0.3 is 9.80 Å². The van der Waals surface area contributed by atoms with E-state index in [0.29, 0.717) is 12.1 Å². The van der Waals surface area contributed by atoms with Crippen molar-refractivity contribution in [3.05, 3.63) is 90.8 Å². The Balaban J connectivity index is 1.67. The van der Waals surface area contributed by atoms with Gasteiger partial charge in [0.1, 0.15) is 5.82 Å². The van der Waals surface area contributed by atoms with Gasteiger partial charge in [0, 0.05) is 48.3 Å². The van der Waals surface area contributed by atoms with Crippen molar-refractivity contribution >= 4 is 34.0 Å². The molecule has 4 aromatic rings. The van der Waals surface area contributed by atoms with Crippen LogP contribution in [0.3, 0.4) is 0 Å². The summed E-state index contributed by atoms with van der Waals surface area (Å²) in [5.41, 5.74) is 3.34. The summed E-state index contributed by atoms with van der Waals surface area (Å²) in [6, 6.07) is 23.7. The van der Waals surface area contributed by atoms with Crippen LogP contribution in [0.15, 0.2) is 85.2 Å². The normalized spacial score (nSPS) is 10.7. The maximum absolute atomic E-state index is 13.3. The van der Waals surface area contributed by atoms with E-state index in [9.17, 15) is 4.79 Å². The molecule has 0 fully saturated rings. The number of amides is 1. The Kier molecular flexibility index (Phi) is 5.70. The zero-order valence-corrected chi connectivity index (χ0v) is 17.2. The van der Waals surface area contributed by atoms with Gasteiger partial charge in [0.15, 0.2) is 0 Å². The predicted octanol–water partition coefficient (Wildman–Crippen LogP) is 5.45. The molecular weight excluding hydrogens is 372 g/mol. The van der Waals surface area contributed by atoms with Crippen molar-refractivity contribution in [3.8, 4) is 0 Å². The second-order valence-corrected chi connectivity index (χ2v) is 6.92. The van der Waals surface area contributed by atoms with E-state index in [-0.39, 0.29) is 5.91 Å². The first kappa shape index (κ1) is 19.6. The van der Waals surface area contributed by atoms with E-state index in [1.165, 1.54) is 0 Å². The third kappa shape index (κ3) is 3.87. The SMILES string of the molecule is CCN(C(=O)c1cnc2ccccc2c1)c1ccnc(N(CC)c2ccccc2)c1. The quantitative estimate of drug-likeness (QED) is 0.435. The molecular formula is C25H24N4O. The summed E-state index contributed by atoms with van der Waals surface area (Å²) in [6.45, 7) is 5.38. The van der Waals surface area contributed by atoms with Gasteiger partial charge in [-0.05, 0) is 44.2 Å². The molecule has 0 bridgehead atoms. The molecule has 0 saturated carbocycles. The molecule has 4 rings (SSSR count). The molecule has 0 saturated heterocycles. The zero-order chi connectivity index (χ0) is 20.9. The van der Waals surface area contributed by atoms with Crippen LogP contribution in [0, 0.1) is 0 Å².